The molecule has 0 amide bonds. The van der Waals surface area contributed by atoms with Gasteiger partial charge in [0.2, 0.25) is 0 Å². The summed E-state index contributed by atoms with van der Waals surface area (Å²) in [6, 6.07) is 7.85. The molecule has 0 saturated carbocycles. The molecule has 1 aromatic carbocycles. The predicted octanol–water partition coefficient (Wildman–Crippen LogP) is 2.50. The van der Waals surface area contributed by atoms with Crippen LogP contribution in [0.15, 0.2) is 29.4 Å². The lowest BCUT2D eigenvalue weighted by Gasteiger charge is -2.14. The fourth-order valence-electron chi connectivity index (χ4n) is 2.12. The number of carboxylic acid groups (broad SMARTS) is 1. The van der Waals surface area contributed by atoms with Crippen LogP contribution in [0.4, 0.5) is 0 Å². The topological polar surface area (TPSA) is 64.3 Å². The van der Waals surface area contributed by atoms with E-state index in [-0.39, 0.29) is 5.75 Å². The Bertz CT molecular complexity index is 597. The zero-order valence-electron chi connectivity index (χ0n) is 11.6. The Kier molecular flexibility index (Phi) is 5.03. The van der Waals surface area contributed by atoms with Gasteiger partial charge in [0, 0.05) is 13.7 Å². The van der Waals surface area contributed by atoms with Crippen molar-refractivity contribution in [1.82, 2.24) is 9.55 Å². The lowest BCUT2D eigenvalue weighted by atomic mass is 10.2. The van der Waals surface area contributed by atoms with Gasteiger partial charge in [-0.3, -0.25) is 4.79 Å². The van der Waals surface area contributed by atoms with Gasteiger partial charge < -0.3 is 14.4 Å². The minimum Gasteiger partial charge on any atom is -0.481 e. The predicted molar refractivity (Wildman–Crippen MR) is 79.1 cm³/mol. The highest BCUT2D eigenvalue weighted by Crippen LogP contribution is 2.25. The maximum atomic E-state index is 10.7. The van der Waals surface area contributed by atoms with Crippen molar-refractivity contribution < 1.29 is 14.6 Å². The summed E-state index contributed by atoms with van der Waals surface area (Å²) in [6.07, 6.45) is 0. The zero-order valence-corrected chi connectivity index (χ0v) is 12.4. The van der Waals surface area contributed by atoms with Gasteiger partial charge in [-0.05, 0) is 18.1 Å². The molecule has 1 N–H and O–H groups in total. The van der Waals surface area contributed by atoms with E-state index in [1.807, 2.05) is 24.3 Å². The van der Waals surface area contributed by atoms with Gasteiger partial charge in [-0.15, -0.1) is 0 Å². The molecular formula is C14H18N2O3S. The molecule has 5 nitrogen and oxygen atoms in total. The summed E-state index contributed by atoms with van der Waals surface area (Å²) in [5.74, 6) is -0.484. The molecule has 0 spiro atoms. The van der Waals surface area contributed by atoms with E-state index in [9.17, 15) is 4.79 Å². The van der Waals surface area contributed by atoms with Crippen LogP contribution in [-0.2, 0) is 16.1 Å². The lowest BCUT2D eigenvalue weighted by Crippen LogP contribution is -2.13. The van der Waals surface area contributed by atoms with Crippen LogP contribution >= 0.6 is 11.8 Å². The molecule has 20 heavy (non-hydrogen) atoms. The number of nitrogens with zero attached hydrogens (tertiary/aromatic N) is 2. The van der Waals surface area contributed by atoms with Gasteiger partial charge in [-0.2, -0.15) is 0 Å². The van der Waals surface area contributed by atoms with Crippen LogP contribution in [0.1, 0.15) is 6.92 Å². The van der Waals surface area contributed by atoms with Gasteiger partial charge in [0.15, 0.2) is 5.16 Å². The Balaban J connectivity index is 2.31. The van der Waals surface area contributed by atoms with Crippen LogP contribution in [0.2, 0.25) is 0 Å². The number of aliphatic carboxylic acids is 1. The normalized spacial score (nSPS) is 12.7. The number of aromatic nitrogens is 2. The number of methoxy groups -OCH3 is 1. The fourth-order valence-corrected chi connectivity index (χ4v) is 2.86. The van der Waals surface area contributed by atoms with Gasteiger partial charge in [-0.1, -0.05) is 30.8 Å². The van der Waals surface area contributed by atoms with Crippen LogP contribution in [0.5, 0.6) is 0 Å². The number of benzene rings is 1. The van der Waals surface area contributed by atoms with Crippen LogP contribution in [0.3, 0.4) is 0 Å². The summed E-state index contributed by atoms with van der Waals surface area (Å²) in [6.45, 7) is 3.52. The number of carboxylic acids is 1. The highest BCUT2D eigenvalue weighted by Gasteiger charge is 2.14. The van der Waals surface area contributed by atoms with Gasteiger partial charge >= 0.3 is 5.97 Å². The first-order valence-corrected chi connectivity index (χ1v) is 7.39. The Hall–Kier alpha value is -1.53. The molecular weight excluding hydrogens is 276 g/mol. The molecule has 0 saturated heterocycles. The first-order valence-electron chi connectivity index (χ1n) is 6.40. The number of hydrogen-bond donors (Lipinski definition) is 1. The second-order valence-electron chi connectivity index (χ2n) is 4.74. The largest absolute Gasteiger partial charge is 0.481 e. The number of carbonyl (C=O) groups is 1. The van der Waals surface area contributed by atoms with E-state index in [4.69, 9.17) is 9.84 Å². The number of thioether (sulfide) groups is 1. The van der Waals surface area contributed by atoms with Crippen molar-refractivity contribution in [2.24, 2.45) is 5.92 Å². The summed E-state index contributed by atoms with van der Waals surface area (Å²) < 4.78 is 7.24. The van der Waals surface area contributed by atoms with Gasteiger partial charge in [-0.25, -0.2) is 4.98 Å². The molecule has 1 unspecified atom stereocenters. The number of rotatable bonds is 7. The van der Waals surface area contributed by atoms with Crippen molar-refractivity contribution in [3.05, 3.63) is 24.3 Å². The summed E-state index contributed by atoms with van der Waals surface area (Å²) in [5, 5.41) is 9.58. The van der Waals surface area contributed by atoms with Gasteiger partial charge in [0.25, 0.3) is 0 Å². The molecule has 0 aliphatic heterocycles. The average Bonchev–Trinajstić information content (AvgIpc) is 2.75. The van der Waals surface area contributed by atoms with Gasteiger partial charge in [0.1, 0.15) is 0 Å². The molecule has 0 aliphatic rings. The third-order valence-corrected chi connectivity index (χ3v) is 3.85. The summed E-state index contributed by atoms with van der Waals surface area (Å²) in [4.78, 5) is 15.3. The third kappa shape index (κ3) is 3.52. The van der Waals surface area contributed by atoms with Crippen molar-refractivity contribution >= 4 is 28.8 Å². The molecule has 1 heterocycles. The van der Waals surface area contributed by atoms with E-state index in [1.165, 1.54) is 11.8 Å². The Labute approximate surface area is 121 Å². The molecule has 0 aliphatic carbocycles. The van der Waals surface area contributed by atoms with E-state index in [0.29, 0.717) is 12.5 Å². The molecule has 0 fully saturated rings. The Morgan fingerprint density at radius 2 is 2.25 bits per heavy atom. The zero-order chi connectivity index (χ0) is 14.5. The number of imidazole rings is 1. The number of para-hydroxylation sites is 2. The highest BCUT2D eigenvalue weighted by molar-refractivity contribution is 7.99. The van der Waals surface area contributed by atoms with Crippen LogP contribution in [-0.4, -0.2) is 40.1 Å². The quantitative estimate of drug-likeness (QED) is 0.795. The van der Waals surface area contributed by atoms with Crippen molar-refractivity contribution in [1.29, 1.82) is 0 Å². The summed E-state index contributed by atoms with van der Waals surface area (Å²) in [7, 11) is 1.68. The maximum Gasteiger partial charge on any atom is 0.313 e. The molecule has 0 radical (unpaired) electrons. The van der Waals surface area contributed by atoms with E-state index in [2.05, 4.69) is 16.5 Å². The summed E-state index contributed by atoms with van der Waals surface area (Å²) in [5.41, 5.74) is 1.92. The van der Waals surface area contributed by atoms with Gasteiger partial charge in [0.05, 0.1) is 23.4 Å². The molecule has 1 aromatic heterocycles. The van der Waals surface area contributed by atoms with E-state index in [1.54, 1.807) is 7.11 Å². The molecule has 6 heteroatoms. The molecule has 0 bridgehead atoms. The van der Waals surface area contributed by atoms with Crippen molar-refractivity contribution in [2.75, 3.05) is 19.5 Å². The second-order valence-corrected chi connectivity index (χ2v) is 5.68. The third-order valence-electron chi connectivity index (χ3n) is 2.89. The van der Waals surface area contributed by atoms with Crippen LogP contribution in [0.25, 0.3) is 11.0 Å². The monoisotopic (exact) mass is 294 g/mol. The minimum absolute atomic E-state index is 0.0159. The lowest BCUT2D eigenvalue weighted by molar-refractivity contribution is -0.133. The Morgan fingerprint density at radius 3 is 2.95 bits per heavy atom. The van der Waals surface area contributed by atoms with Crippen molar-refractivity contribution in [3.8, 4) is 0 Å². The average molecular weight is 294 g/mol. The number of ether oxygens (including phenoxy) is 1. The number of hydrogen-bond acceptors (Lipinski definition) is 4. The van der Waals surface area contributed by atoms with E-state index < -0.39 is 5.97 Å². The maximum absolute atomic E-state index is 10.7. The number of fused-ring (bicyclic) bond motifs is 1. The van der Waals surface area contributed by atoms with Crippen LogP contribution < -0.4 is 0 Å². The smallest absolute Gasteiger partial charge is 0.313 e. The minimum atomic E-state index is -0.835. The molecule has 2 aromatic rings. The molecule has 1 atom stereocenters. The highest BCUT2D eigenvalue weighted by atomic mass is 32.2. The molecule has 2 rings (SSSR count). The SMILES string of the molecule is COCC(C)Cn1c(SCC(=O)O)nc2ccccc21. The first kappa shape index (κ1) is 14.9. The summed E-state index contributed by atoms with van der Waals surface area (Å²) >= 11 is 1.25. The second kappa shape index (κ2) is 6.76. The standard InChI is InChI=1S/C14H18N2O3S/c1-10(8-19-2)7-16-12-6-4-3-5-11(12)15-14(16)20-9-13(17)18/h3-6,10H,7-9H2,1-2H3,(H,17,18). The Morgan fingerprint density at radius 1 is 1.50 bits per heavy atom. The van der Waals surface area contributed by atoms with Crippen LogP contribution in [0, 0.1) is 5.92 Å². The van der Waals surface area contributed by atoms with Crippen molar-refractivity contribution in [2.45, 2.75) is 18.6 Å². The van der Waals surface area contributed by atoms with E-state index in [0.717, 1.165) is 22.7 Å². The van der Waals surface area contributed by atoms with Crippen molar-refractivity contribution in [3.63, 3.8) is 0 Å². The van der Waals surface area contributed by atoms with E-state index >= 15 is 0 Å². The fraction of sp³-hybridized carbons (Fsp3) is 0.429. The molecule has 108 valence electrons. The first-order chi connectivity index (χ1) is 9.61.